The van der Waals surface area contributed by atoms with Gasteiger partial charge in [0.1, 0.15) is 17.5 Å². The highest BCUT2D eigenvalue weighted by Gasteiger charge is 2.31. The second-order valence-electron chi connectivity index (χ2n) is 5.61. The Morgan fingerprint density at radius 1 is 1.28 bits per heavy atom. The van der Waals surface area contributed by atoms with E-state index in [1.807, 2.05) is 0 Å². The van der Waals surface area contributed by atoms with Crippen LogP contribution in [0.1, 0.15) is 23.3 Å². The minimum absolute atomic E-state index is 0.0276. The molecule has 2 heterocycles. The van der Waals surface area contributed by atoms with Gasteiger partial charge in [-0.15, -0.1) is 0 Å². The molecule has 1 aliphatic rings. The summed E-state index contributed by atoms with van der Waals surface area (Å²) in [6.45, 7) is -2.39. The second kappa shape index (κ2) is 7.33. The number of benzene rings is 1. The molecule has 0 radical (unpaired) electrons. The summed E-state index contributed by atoms with van der Waals surface area (Å²) in [7, 11) is 0. The fourth-order valence-electron chi connectivity index (χ4n) is 2.78. The van der Waals surface area contributed by atoms with Crippen molar-refractivity contribution in [1.82, 2.24) is 10.3 Å². The van der Waals surface area contributed by atoms with Crippen molar-refractivity contribution in [3.63, 3.8) is 0 Å². The SMILES string of the molecule is O=C(NC1CCCN(c2ccc(OC(F)F)cc2)C1=O)c1ccc[nH]1. The summed E-state index contributed by atoms with van der Waals surface area (Å²) in [5, 5.41) is 2.72. The van der Waals surface area contributed by atoms with E-state index in [0.29, 0.717) is 24.3 Å². The van der Waals surface area contributed by atoms with Crippen molar-refractivity contribution < 1.29 is 23.1 Å². The summed E-state index contributed by atoms with van der Waals surface area (Å²) in [6.07, 6.45) is 2.90. The van der Waals surface area contributed by atoms with Crippen LogP contribution < -0.4 is 15.0 Å². The minimum atomic E-state index is -2.89. The molecule has 0 spiro atoms. The molecular weight excluding hydrogens is 332 g/mol. The lowest BCUT2D eigenvalue weighted by Crippen LogP contribution is -2.52. The topological polar surface area (TPSA) is 74.4 Å². The molecule has 2 amide bonds. The summed E-state index contributed by atoms with van der Waals surface area (Å²) >= 11 is 0. The van der Waals surface area contributed by atoms with Crippen LogP contribution in [0.4, 0.5) is 14.5 Å². The second-order valence-corrected chi connectivity index (χ2v) is 5.61. The van der Waals surface area contributed by atoms with Gasteiger partial charge in [0.15, 0.2) is 0 Å². The van der Waals surface area contributed by atoms with Gasteiger partial charge in [-0.1, -0.05) is 0 Å². The molecule has 6 nitrogen and oxygen atoms in total. The van der Waals surface area contributed by atoms with Gasteiger partial charge >= 0.3 is 6.61 Å². The van der Waals surface area contributed by atoms with Crippen LogP contribution in [-0.4, -0.2) is 36.0 Å². The zero-order valence-electron chi connectivity index (χ0n) is 13.2. The van der Waals surface area contributed by atoms with Gasteiger partial charge < -0.3 is 19.9 Å². The number of carbonyl (C=O) groups is 2. The monoisotopic (exact) mass is 349 g/mol. The summed E-state index contributed by atoms with van der Waals surface area (Å²) < 4.78 is 28.7. The van der Waals surface area contributed by atoms with Crippen LogP contribution in [0.2, 0.25) is 0 Å². The number of alkyl halides is 2. The maximum atomic E-state index is 12.6. The molecule has 1 unspecified atom stereocenters. The molecule has 0 bridgehead atoms. The van der Waals surface area contributed by atoms with E-state index < -0.39 is 12.7 Å². The summed E-state index contributed by atoms with van der Waals surface area (Å²) in [6, 6.07) is 8.57. The Hall–Kier alpha value is -2.90. The molecule has 0 aliphatic carbocycles. The van der Waals surface area contributed by atoms with E-state index in [4.69, 9.17) is 0 Å². The van der Waals surface area contributed by atoms with Gasteiger partial charge in [0.05, 0.1) is 0 Å². The maximum absolute atomic E-state index is 12.6. The number of amides is 2. The predicted molar refractivity (Wildman–Crippen MR) is 86.7 cm³/mol. The first-order chi connectivity index (χ1) is 12.0. The average Bonchev–Trinajstić information content (AvgIpc) is 3.12. The molecule has 132 valence electrons. The molecule has 1 saturated heterocycles. The van der Waals surface area contributed by atoms with Crippen molar-refractivity contribution in [3.05, 3.63) is 48.3 Å². The number of anilines is 1. The zero-order chi connectivity index (χ0) is 17.8. The molecule has 1 fully saturated rings. The van der Waals surface area contributed by atoms with Gasteiger partial charge in [0, 0.05) is 18.4 Å². The molecule has 25 heavy (non-hydrogen) atoms. The zero-order valence-corrected chi connectivity index (χ0v) is 13.2. The Kier molecular flexibility index (Phi) is 4.97. The Labute approximate surface area is 142 Å². The first kappa shape index (κ1) is 16.9. The van der Waals surface area contributed by atoms with E-state index in [-0.39, 0.29) is 17.6 Å². The molecular formula is C17H17F2N3O3. The third-order valence-corrected chi connectivity index (χ3v) is 3.96. The van der Waals surface area contributed by atoms with Crippen molar-refractivity contribution in [2.75, 3.05) is 11.4 Å². The van der Waals surface area contributed by atoms with E-state index in [1.165, 1.54) is 17.0 Å². The van der Waals surface area contributed by atoms with E-state index in [1.54, 1.807) is 30.5 Å². The lowest BCUT2D eigenvalue weighted by Gasteiger charge is -2.32. The normalized spacial score (nSPS) is 17.6. The number of ether oxygens (including phenoxy) is 1. The number of hydrogen-bond donors (Lipinski definition) is 2. The molecule has 0 saturated carbocycles. The fourth-order valence-corrected chi connectivity index (χ4v) is 2.78. The van der Waals surface area contributed by atoms with E-state index in [2.05, 4.69) is 15.0 Å². The van der Waals surface area contributed by atoms with E-state index in [0.717, 1.165) is 6.42 Å². The standard InChI is InChI=1S/C17H17F2N3O3/c18-17(19)25-12-7-5-11(6-8-12)22-10-2-4-14(16(22)24)21-15(23)13-3-1-9-20-13/h1,3,5-9,14,17,20H,2,4,10H2,(H,21,23). The molecule has 1 aromatic carbocycles. The van der Waals surface area contributed by atoms with Gasteiger partial charge in [-0.3, -0.25) is 9.59 Å². The summed E-state index contributed by atoms with van der Waals surface area (Å²) in [5.74, 6) is -0.542. The van der Waals surface area contributed by atoms with Gasteiger partial charge in [-0.25, -0.2) is 0 Å². The first-order valence-electron chi connectivity index (χ1n) is 7.85. The largest absolute Gasteiger partial charge is 0.435 e. The molecule has 3 rings (SSSR count). The highest BCUT2D eigenvalue weighted by Crippen LogP contribution is 2.24. The average molecular weight is 349 g/mol. The fraction of sp³-hybridized carbons (Fsp3) is 0.294. The molecule has 8 heteroatoms. The Morgan fingerprint density at radius 3 is 2.68 bits per heavy atom. The van der Waals surface area contributed by atoms with Crippen LogP contribution in [-0.2, 0) is 4.79 Å². The smallest absolute Gasteiger partial charge is 0.387 e. The third-order valence-electron chi connectivity index (χ3n) is 3.96. The number of carbonyl (C=O) groups excluding carboxylic acids is 2. The van der Waals surface area contributed by atoms with Crippen LogP contribution in [0.3, 0.4) is 0 Å². The number of nitrogens with one attached hydrogen (secondary N) is 2. The van der Waals surface area contributed by atoms with Gasteiger partial charge in [-0.2, -0.15) is 8.78 Å². The van der Waals surface area contributed by atoms with Crippen molar-refractivity contribution >= 4 is 17.5 Å². The number of nitrogens with zero attached hydrogens (tertiary/aromatic N) is 1. The summed E-state index contributed by atoms with van der Waals surface area (Å²) in [5.41, 5.74) is 0.962. The van der Waals surface area contributed by atoms with Gasteiger partial charge in [0.2, 0.25) is 5.91 Å². The minimum Gasteiger partial charge on any atom is -0.435 e. The van der Waals surface area contributed by atoms with Crippen LogP contribution >= 0.6 is 0 Å². The van der Waals surface area contributed by atoms with Crippen LogP contribution in [0.15, 0.2) is 42.6 Å². The predicted octanol–water partition coefficient (Wildman–Crippen LogP) is 2.54. The van der Waals surface area contributed by atoms with Gasteiger partial charge in [-0.05, 0) is 49.2 Å². The molecule has 2 N–H and O–H groups in total. The lowest BCUT2D eigenvalue weighted by molar-refractivity contribution is -0.121. The number of aromatic nitrogens is 1. The maximum Gasteiger partial charge on any atom is 0.387 e. The third kappa shape index (κ3) is 3.96. The highest BCUT2D eigenvalue weighted by molar-refractivity contribution is 6.02. The van der Waals surface area contributed by atoms with Crippen LogP contribution in [0.5, 0.6) is 5.75 Å². The quantitative estimate of drug-likeness (QED) is 0.871. The van der Waals surface area contributed by atoms with Crippen LogP contribution in [0.25, 0.3) is 0 Å². The first-order valence-corrected chi connectivity index (χ1v) is 7.85. The Bertz CT molecular complexity index is 732. The lowest BCUT2D eigenvalue weighted by atomic mass is 10.0. The highest BCUT2D eigenvalue weighted by atomic mass is 19.3. The molecule has 1 atom stereocenters. The number of hydrogen-bond acceptors (Lipinski definition) is 3. The molecule has 1 aromatic heterocycles. The van der Waals surface area contributed by atoms with Crippen molar-refractivity contribution in [2.24, 2.45) is 0 Å². The number of aromatic amines is 1. The van der Waals surface area contributed by atoms with Crippen LogP contribution in [0, 0.1) is 0 Å². The van der Waals surface area contributed by atoms with Gasteiger partial charge in [0.25, 0.3) is 5.91 Å². The van der Waals surface area contributed by atoms with Crippen molar-refractivity contribution in [2.45, 2.75) is 25.5 Å². The molecule has 2 aromatic rings. The Balaban J connectivity index is 1.68. The van der Waals surface area contributed by atoms with E-state index in [9.17, 15) is 18.4 Å². The number of rotatable bonds is 5. The number of halogens is 2. The van der Waals surface area contributed by atoms with Crippen molar-refractivity contribution in [3.8, 4) is 5.75 Å². The number of piperidine rings is 1. The number of H-pyrrole nitrogens is 1. The van der Waals surface area contributed by atoms with E-state index >= 15 is 0 Å². The summed E-state index contributed by atoms with van der Waals surface area (Å²) in [4.78, 5) is 29.1. The van der Waals surface area contributed by atoms with Crippen molar-refractivity contribution in [1.29, 1.82) is 0 Å². The molecule has 1 aliphatic heterocycles. The Morgan fingerprint density at radius 2 is 2.04 bits per heavy atom.